The van der Waals surface area contributed by atoms with Crippen molar-refractivity contribution in [1.29, 1.82) is 0 Å². The van der Waals surface area contributed by atoms with E-state index in [1.807, 2.05) is 58.9 Å². The minimum absolute atomic E-state index is 0.0265. The molecule has 1 unspecified atom stereocenters. The molecule has 0 spiro atoms. The van der Waals surface area contributed by atoms with Crippen molar-refractivity contribution in [2.75, 3.05) is 0 Å². The fourth-order valence-corrected chi connectivity index (χ4v) is 1.87. The highest BCUT2D eigenvalue weighted by molar-refractivity contribution is 6.30. The maximum absolute atomic E-state index is 12.5. The van der Waals surface area contributed by atoms with Gasteiger partial charge in [0.05, 0.1) is 11.5 Å². The van der Waals surface area contributed by atoms with E-state index in [9.17, 15) is 4.79 Å². The van der Waals surface area contributed by atoms with Crippen LogP contribution in [0.15, 0.2) is 24.3 Å². The van der Waals surface area contributed by atoms with Crippen molar-refractivity contribution in [2.24, 2.45) is 11.1 Å². The lowest BCUT2D eigenvalue weighted by Gasteiger charge is -2.38. The lowest BCUT2D eigenvalue weighted by atomic mass is 9.74. The first-order valence-corrected chi connectivity index (χ1v) is 7.32. The summed E-state index contributed by atoms with van der Waals surface area (Å²) in [6.07, 6.45) is 0.814. The molecule has 1 amide bonds. The van der Waals surface area contributed by atoms with Gasteiger partial charge in [-0.2, -0.15) is 0 Å². The predicted molar refractivity (Wildman–Crippen MR) is 84.7 cm³/mol. The summed E-state index contributed by atoms with van der Waals surface area (Å²) < 4.78 is 0. The summed E-state index contributed by atoms with van der Waals surface area (Å²) in [7, 11) is 0. The Bertz CT molecular complexity index is 460. The zero-order valence-electron chi connectivity index (χ0n) is 13.0. The lowest BCUT2D eigenvalue weighted by molar-refractivity contribution is -0.133. The molecule has 0 saturated heterocycles. The number of halogens is 1. The van der Waals surface area contributed by atoms with Gasteiger partial charge in [0, 0.05) is 10.6 Å². The zero-order valence-corrected chi connectivity index (χ0v) is 13.7. The smallest absolute Gasteiger partial charge is 0.227 e. The van der Waals surface area contributed by atoms with Crippen LogP contribution in [-0.4, -0.2) is 11.4 Å². The molecule has 1 aromatic carbocycles. The third kappa shape index (κ3) is 3.74. The summed E-state index contributed by atoms with van der Waals surface area (Å²) in [4.78, 5) is 12.5. The Morgan fingerprint density at radius 3 is 2.15 bits per heavy atom. The topological polar surface area (TPSA) is 55.1 Å². The Hall–Kier alpha value is -1.06. The molecule has 112 valence electrons. The van der Waals surface area contributed by atoms with Gasteiger partial charge < -0.3 is 11.1 Å². The van der Waals surface area contributed by atoms with Crippen molar-refractivity contribution >= 4 is 17.5 Å². The standard InChI is InChI=1S/C16H25ClN2O/c1-6-13(11-7-9-12(17)10-8-11)19-14(20)15(2,3)16(4,5)18/h7-10,13H,6,18H2,1-5H3,(H,19,20). The van der Waals surface area contributed by atoms with Gasteiger partial charge in [-0.1, -0.05) is 30.7 Å². The van der Waals surface area contributed by atoms with Crippen LogP contribution in [0.5, 0.6) is 0 Å². The average molecular weight is 297 g/mol. The fraction of sp³-hybridized carbons (Fsp3) is 0.562. The fourth-order valence-electron chi connectivity index (χ4n) is 1.75. The van der Waals surface area contributed by atoms with Crippen molar-refractivity contribution in [3.05, 3.63) is 34.9 Å². The van der Waals surface area contributed by atoms with Crippen LogP contribution < -0.4 is 11.1 Å². The number of amides is 1. The number of carbonyl (C=O) groups is 1. The predicted octanol–water partition coefficient (Wildman–Crippen LogP) is 3.67. The third-order valence-corrected chi connectivity index (χ3v) is 4.42. The van der Waals surface area contributed by atoms with E-state index in [-0.39, 0.29) is 11.9 Å². The first-order valence-electron chi connectivity index (χ1n) is 6.95. The van der Waals surface area contributed by atoms with E-state index in [1.54, 1.807) is 0 Å². The van der Waals surface area contributed by atoms with Gasteiger partial charge in [-0.15, -0.1) is 0 Å². The van der Waals surface area contributed by atoms with Crippen LogP contribution in [0.1, 0.15) is 52.6 Å². The first kappa shape index (κ1) is 17.0. The molecule has 0 aliphatic rings. The van der Waals surface area contributed by atoms with Gasteiger partial charge in [-0.3, -0.25) is 4.79 Å². The van der Waals surface area contributed by atoms with Crippen LogP contribution in [0.25, 0.3) is 0 Å². The van der Waals surface area contributed by atoms with Gasteiger partial charge in [0.2, 0.25) is 5.91 Å². The molecule has 0 aliphatic heterocycles. The zero-order chi connectivity index (χ0) is 15.6. The monoisotopic (exact) mass is 296 g/mol. The Kier molecular flexibility index (Phi) is 5.22. The molecule has 4 heteroatoms. The largest absolute Gasteiger partial charge is 0.349 e. The molecule has 0 aliphatic carbocycles. The highest BCUT2D eigenvalue weighted by Gasteiger charge is 2.40. The first-order chi connectivity index (χ1) is 9.09. The minimum Gasteiger partial charge on any atom is -0.349 e. The molecule has 0 bridgehead atoms. The number of rotatable bonds is 5. The van der Waals surface area contributed by atoms with Crippen molar-refractivity contribution in [1.82, 2.24) is 5.32 Å². The summed E-state index contributed by atoms with van der Waals surface area (Å²) in [5.41, 5.74) is 5.93. The summed E-state index contributed by atoms with van der Waals surface area (Å²) in [5.74, 6) is -0.0354. The van der Waals surface area contributed by atoms with Gasteiger partial charge in [0.1, 0.15) is 0 Å². The van der Waals surface area contributed by atoms with Crippen LogP contribution in [0.2, 0.25) is 5.02 Å². The van der Waals surface area contributed by atoms with E-state index < -0.39 is 11.0 Å². The number of carbonyl (C=O) groups excluding carboxylic acids is 1. The maximum atomic E-state index is 12.5. The molecule has 1 aromatic rings. The summed E-state index contributed by atoms with van der Waals surface area (Å²) >= 11 is 5.89. The van der Waals surface area contributed by atoms with E-state index in [2.05, 4.69) is 5.32 Å². The van der Waals surface area contributed by atoms with Gasteiger partial charge in [-0.05, 0) is 51.8 Å². The van der Waals surface area contributed by atoms with Gasteiger partial charge >= 0.3 is 0 Å². The Labute approximate surface area is 126 Å². The number of benzene rings is 1. The van der Waals surface area contributed by atoms with Gasteiger partial charge in [-0.25, -0.2) is 0 Å². The molecule has 0 radical (unpaired) electrons. The lowest BCUT2D eigenvalue weighted by Crippen LogP contribution is -2.55. The molecule has 1 atom stereocenters. The number of hydrogen-bond donors (Lipinski definition) is 2. The Morgan fingerprint density at radius 2 is 1.75 bits per heavy atom. The maximum Gasteiger partial charge on any atom is 0.227 e. The SMILES string of the molecule is CCC(NC(=O)C(C)(C)C(C)(C)N)c1ccc(Cl)cc1. The van der Waals surface area contributed by atoms with E-state index in [0.29, 0.717) is 5.02 Å². The molecule has 0 saturated carbocycles. The Morgan fingerprint density at radius 1 is 1.25 bits per heavy atom. The van der Waals surface area contributed by atoms with Gasteiger partial charge in [0.15, 0.2) is 0 Å². The van der Waals surface area contributed by atoms with E-state index in [4.69, 9.17) is 17.3 Å². The summed E-state index contributed by atoms with van der Waals surface area (Å²) in [5, 5.41) is 3.78. The molecule has 0 heterocycles. The second-order valence-corrected chi connectivity index (χ2v) is 6.77. The molecule has 0 aromatic heterocycles. The van der Waals surface area contributed by atoms with Gasteiger partial charge in [0.25, 0.3) is 0 Å². The van der Waals surface area contributed by atoms with E-state index in [1.165, 1.54) is 0 Å². The Balaban J connectivity index is 2.89. The minimum atomic E-state index is -0.646. The number of nitrogens with two attached hydrogens (primary N) is 1. The van der Waals surface area contributed by atoms with E-state index in [0.717, 1.165) is 12.0 Å². The molecule has 20 heavy (non-hydrogen) atoms. The normalized spacial score (nSPS) is 13.9. The molecule has 0 fully saturated rings. The van der Waals surface area contributed by atoms with E-state index >= 15 is 0 Å². The molecule has 1 rings (SSSR count). The van der Waals surface area contributed by atoms with Crippen LogP contribution >= 0.6 is 11.6 Å². The average Bonchev–Trinajstić information content (AvgIpc) is 2.35. The molecule has 3 N–H and O–H groups in total. The van der Waals surface area contributed by atoms with Crippen molar-refractivity contribution < 1.29 is 4.79 Å². The number of nitrogens with one attached hydrogen (secondary N) is 1. The van der Waals surface area contributed by atoms with Crippen LogP contribution in [0.3, 0.4) is 0 Å². The summed E-state index contributed by atoms with van der Waals surface area (Å²) in [6.45, 7) is 9.53. The second-order valence-electron chi connectivity index (χ2n) is 6.33. The third-order valence-electron chi connectivity index (χ3n) is 4.16. The van der Waals surface area contributed by atoms with Crippen LogP contribution in [-0.2, 0) is 4.79 Å². The quantitative estimate of drug-likeness (QED) is 0.871. The van der Waals surface area contributed by atoms with Crippen molar-refractivity contribution in [3.8, 4) is 0 Å². The molecular formula is C16H25ClN2O. The van der Waals surface area contributed by atoms with Crippen LogP contribution in [0, 0.1) is 5.41 Å². The second kappa shape index (κ2) is 6.15. The highest BCUT2D eigenvalue weighted by Crippen LogP contribution is 2.30. The molecular weight excluding hydrogens is 272 g/mol. The van der Waals surface area contributed by atoms with Crippen LogP contribution in [0.4, 0.5) is 0 Å². The van der Waals surface area contributed by atoms with Crippen molar-refractivity contribution in [2.45, 2.75) is 52.6 Å². The van der Waals surface area contributed by atoms with Crippen molar-refractivity contribution in [3.63, 3.8) is 0 Å². The highest BCUT2D eigenvalue weighted by atomic mass is 35.5. The summed E-state index contributed by atoms with van der Waals surface area (Å²) in [6, 6.07) is 7.53. The molecule has 3 nitrogen and oxygen atoms in total. The number of hydrogen-bond acceptors (Lipinski definition) is 2.